The SMILES string of the molecule is COc1ccccc1N(CCC(N)=O)C(=O)CSc1nnc(-c2ccccc2F)n1C. The van der Waals surface area contributed by atoms with Crippen LogP contribution in [0.3, 0.4) is 0 Å². The van der Waals surface area contributed by atoms with Gasteiger partial charge in [0.25, 0.3) is 0 Å². The average molecular weight is 444 g/mol. The fourth-order valence-electron chi connectivity index (χ4n) is 2.98. The Morgan fingerprint density at radius 1 is 1.16 bits per heavy atom. The first kappa shape index (κ1) is 22.3. The van der Waals surface area contributed by atoms with Crippen molar-refractivity contribution in [3.8, 4) is 17.1 Å². The molecule has 8 nitrogen and oxygen atoms in total. The molecule has 162 valence electrons. The molecule has 0 unspecified atom stereocenters. The van der Waals surface area contributed by atoms with E-state index in [1.54, 1.807) is 54.1 Å². The number of primary amides is 1. The van der Waals surface area contributed by atoms with Crippen LogP contribution in [0.4, 0.5) is 10.1 Å². The van der Waals surface area contributed by atoms with Crippen molar-refractivity contribution in [2.75, 3.05) is 24.3 Å². The van der Waals surface area contributed by atoms with Crippen LogP contribution in [0.15, 0.2) is 53.7 Å². The normalized spacial score (nSPS) is 10.7. The van der Waals surface area contributed by atoms with Gasteiger partial charge in [-0.3, -0.25) is 9.59 Å². The van der Waals surface area contributed by atoms with E-state index < -0.39 is 11.7 Å². The minimum Gasteiger partial charge on any atom is -0.495 e. The fraction of sp³-hybridized carbons (Fsp3) is 0.238. The minimum atomic E-state index is -0.511. The lowest BCUT2D eigenvalue weighted by Crippen LogP contribution is -2.35. The molecule has 2 amide bonds. The molecule has 2 aromatic carbocycles. The second-order valence-corrected chi connectivity index (χ2v) is 7.51. The Morgan fingerprint density at radius 3 is 2.58 bits per heavy atom. The number of nitrogens with zero attached hydrogens (tertiary/aromatic N) is 4. The number of carbonyl (C=O) groups excluding carboxylic acids is 2. The molecule has 2 N–H and O–H groups in total. The van der Waals surface area contributed by atoms with Gasteiger partial charge in [0.05, 0.1) is 24.1 Å². The van der Waals surface area contributed by atoms with Crippen molar-refractivity contribution < 1.29 is 18.7 Å². The predicted octanol–water partition coefficient (Wildman–Crippen LogP) is 2.63. The zero-order valence-corrected chi connectivity index (χ0v) is 17.9. The zero-order chi connectivity index (χ0) is 22.4. The Balaban J connectivity index is 1.78. The Morgan fingerprint density at radius 2 is 1.87 bits per heavy atom. The van der Waals surface area contributed by atoms with Crippen molar-refractivity contribution in [1.82, 2.24) is 14.8 Å². The van der Waals surface area contributed by atoms with Crippen LogP contribution in [0.25, 0.3) is 11.4 Å². The number of ether oxygens (including phenoxy) is 1. The van der Waals surface area contributed by atoms with E-state index >= 15 is 0 Å². The van der Waals surface area contributed by atoms with E-state index in [1.165, 1.54) is 29.8 Å². The number of benzene rings is 2. The Labute approximate surface area is 183 Å². The van der Waals surface area contributed by atoms with Crippen LogP contribution in [0.2, 0.25) is 0 Å². The summed E-state index contributed by atoms with van der Waals surface area (Å²) in [5.41, 5.74) is 6.15. The molecule has 0 aliphatic heterocycles. The van der Waals surface area contributed by atoms with Gasteiger partial charge in [0.15, 0.2) is 11.0 Å². The summed E-state index contributed by atoms with van der Waals surface area (Å²) in [6.07, 6.45) is 0.00977. The van der Waals surface area contributed by atoms with Crippen molar-refractivity contribution >= 4 is 29.3 Å². The molecule has 0 aliphatic rings. The molecule has 0 radical (unpaired) electrons. The molecular formula is C21H22FN5O3S. The van der Waals surface area contributed by atoms with Crippen LogP contribution in [-0.4, -0.2) is 46.0 Å². The van der Waals surface area contributed by atoms with Gasteiger partial charge in [0.2, 0.25) is 11.8 Å². The minimum absolute atomic E-state index is 0.00977. The molecular weight excluding hydrogens is 421 g/mol. The fourth-order valence-corrected chi connectivity index (χ4v) is 3.76. The molecule has 0 aliphatic carbocycles. The lowest BCUT2D eigenvalue weighted by Gasteiger charge is -2.24. The number of rotatable bonds is 9. The van der Waals surface area contributed by atoms with Gasteiger partial charge in [0, 0.05) is 20.0 Å². The van der Waals surface area contributed by atoms with Gasteiger partial charge in [-0.25, -0.2) is 4.39 Å². The molecule has 0 bridgehead atoms. The topological polar surface area (TPSA) is 103 Å². The number of hydrogen-bond acceptors (Lipinski definition) is 6. The second kappa shape index (κ2) is 10.1. The van der Waals surface area contributed by atoms with Gasteiger partial charge < -0.3 is 19.9 Å². The van der Waals surface area contributed by atoms with Crippen molar-refractivity contribution in [2.24, 2.45) is 12.8 Å². The van der Waals surface area contributed by atoms with E-state index in [0.29, 0.717) is 28.0 Å². The van der Waals surface area contributed by atoms with Crippen LogP contribution in [0.5, 0.6) is 5.75 Å². The highest BCUT2D eigenvalue weighted by Gasteiger charge is 2.22. The van der Waals surface area contributed by atoms with Crippen molar-refractivity contribution in [2.45, 2.75) is 11.6 Å². The van der Waals surface area contributed by atoms with E-state index in [4.69, 9.17) is 10.5 Å². The van der Waals surface area contributed by atoms with E-state index in [1.807, 2.05) is 0 Å². The molecule has 3 aromatic rings. The lowest BCUT2D eigenvalue weighted by atomic mass is 10.2. The molecule has 1 heterocycles. The first-order chi connectivity index (χ1) is 14.9. The van der Waals surface area contributed by atoms with E-state index in [-0.39, 0.29) is 24.6 Å². The number of para-hydroxylation sites is 2. The molecule has 0 atom stereocenters. The largest absolute Gasteiger partial charge is 0.495 e. The first-order valence-corrected chi connectivity index (χ1v) is 10.4. The van der Waals surface area contributed by atoms with E-state index in [0.717, 1.165) is 0 Å². The summed E-state index contributed by atoms with van der Waals surface area (Å²) >= 11 is 1.17. The summed E-state index contributed by atoms with van der Waals surface area (Å²) in [7, 11) is 3.22. The number of thioether (sulfide) groups is 1. The van der Waals surface area contributed by atoms with Crippen LogP contribution in [-0.2, 0) is 16.6 Å². The molecule has 0 saturated heterocycles. The third-order valence-corrected chi connectivity index (χ3v) is 5.54. The van der Waals surface area contributed by atoms with Gasteiger partial charge in [-0.15, -0.1) is 10.2 Å². The zero-order valence-electron chi connectivity index (χ0n) is 17.1. The monoisotopic (exact) mass is 443 g/mol. The Hall–Kier alpha value is -3.40. The Bertz CT molecular complexity index is 1090. The summed E-state index contributed by atoms with van der Waals surface area (Å²) in [5.74, 6) is -0.275. The maximum atomic E-state index is 14.1. The summed E-state index contributed by atoms with van der Waals surface area (Å²) < 4.78 is 21.1. The summed E-state index contributed by atoms with van der Waals surface area (Å²) in [6.45, 7) is 0.119. The van der Waals surface area contributed by atoms with E-state index in [9.17, 15) is 14.0 Å². The predicted molar refractivity (Wildman–Crippen MR) is 116 cm³/mol. The molecule has 0 spiro atoms. The standard InChI is InChI=1S/C21H22FN5O3S/c1-26-20(14-7-3-4-8-15(14)22)24-25-21(26)31-13-19(29)27(12-11-18(23)28)16-9-5-6-10-17(16)30-2/h3-10H,11-13H2,1-2H3,(H2,23,28). The van der Waals surface area contributed by atoms with Gasteiger partial charge in [-0.1, -0.05) is 36.0 Å². The van der Waals surface area contributed by atoms with Gasteiger partial charge in [-0.2, -0.15) is 0 Å². The Kier molecular flexibility index (Phi) is 7.24. The molecule has 1 aromatic heterocycles. The van der Waals surface area contributed by atoms with Crippen LogP contribution >= 0.6 is 11.8 Å². The summed E-state index contributed by atoms with van der Waals surface area (Å²) in [4.78, 5) is 25.8. The number of carbonyl (C=O) groups is 2. The van der Waals surface area contributed by atoms with Gasteiger partial charge >= 0.3 is 0 Å². The highest BCUT2D eigenvalue weighted by Crippen LogP contribution is 2.30. The third-order valence-electron chi connectivity index (χ3n) is 4.53. The molecule has 31 heavy (non-hydrogen) atoms. The van der Waals surface area contributed by atoms with Crippen LogP contribution in [0.1, 0.15) is 6.42 Å². The average Bonchev–Trinajstić information content (AvgIpc) is 3.13. The van der Waals surface area contributed by atoms with Crippen molar-refractivity contribution in [3.05, 3.63) is 54.3 Å². The number of methoxy groups -OCH3 is 1. The lowest BCUT2D eigenvalue weighted by molar-refractivity contribution is -0.118. The molecule has 3 rings (SSSR count). The molecule has 0 saturated carbocycles. The number of hydrogen-bond donors (Lipinski definition) is 1. The number of nitrogens with two attached hydrogens (primary N) is 1. The number of anilines is 1. The molecule has 10 heteroatoms. The maximum absolute atomic E-state index is 14.1. The van der Waals surface area contributed by atoms with Crippen molar-refractivity contribution in [3.63, 3.8) is 0 Å². The second-order valence-electron chi connectivity index (χ2n) is 6.57. The van der Waals surface area contributed by atoms with Crippen LogP contribution < -0.4 is 15.4 Å². The number of aromatic nitrogens is 3. The number of amides is 2. The quantitative estimate of drug-likeness (QED) is 0.510. The summed E-state index contributed by atoms with van der Waals surface area (Å²) in [6, 6.07) is 13.3. The third kappa shape index (κ3) is 5.21. The smallest absolute Gasteiger partial charge is 0.237 e. The number of halogens is 1. The highest BCUT2D eigenvalue weighted by atomic mass is 32.2. The highest BCUT2D eigenvalue weighted by molar-refractivity contribution is 7.99. The molecule has 0 fully saturated rings. The van der Waals surface area contributed by atoms with Gasteiger partial charge in [0.1, 0.15) is 11.6 Å². The summed E-state index contributed by atoms with van der Waals surface area (Å²) in [5, 5.41) is 8.61. The first-order valence-electron chi connectivity index (χ1n) is 9.41. The maximum Gasteiger partial charge on any atom is 0.237 e. The van der Waals surface area contributed by atoms with E-state index in [2.05, 4.69) is 10.2 Å². The van der Waals surface area contributed by atoms with Crippen molar-refractivity contribution in [1.29, 1.82) is 0 Å². The van der Waals surface area contributed by atoms with Crippen LogP contribution in [0, 0.1) is 5.82 Å². The van der Waals surface area contributed by atoms with Gasteiger partial charge in [-0.05, 0) is 24.3 Å².